The van der Waals surface area contributed by atoms with E-state index in [-0.39, 0.29) is 42.7 Å². The molecular formula is C24H33N7O3. The molecule has 0 saturated heterocycles. The predicted octanol–water partition coefficient (Wildman–Crippen LogP) is 1.87. The molecule has 0 fully saturated rings. The Labute approximate surface area is 199 Å². The summed E-state index contributed by atoms with van der Waals surface area (Å²) in [6.45, 7) is 6.66. The van der Waals surface area contributed by atoms with Gasteiger partial charge in [-0.25, -0.2) is 4.98 Å². The van der Waals surface area contributed by atoms with E-state index in [0.717, 1.165) is 5.56 Å². The van der Waals surface area contributed by atoms with Crippen LogP contribution in [0.3, 0.4) is 0 Å². The van der Waals surface area contributed by atoms with E-state index in [9.17, 15) is 14.4 Å². The van der Waals surface area contributed by atoms with Gasteiger partial charge in [0, 0.05) is 18.9 Å². The van der Waals surface area contributed by atoms with Crippen LogP contribution in [-0.4, -0.2) is 63.7 Å². The van der Waals surface area contributed by atoms with Crippen molar-refractivity contribution < 1.29 is 9.59 Å². The molecule has 1 aromatic heterocycles. The zero-order valence-corrected chi connectivity index (χ0v) is 19.9. The van der Waals surface area contributed by atoms with Gasteiger partial charge < -0.3 is 21.5 Å². The molecule has 1 unspecified atom stereocenters. The predicted molar refractivity (Wildman–Crippen MR) is 133 cm³/mol. The molecule has 10 heteroatoms. The van der Waals surface area contributed by atoms with Crippen molar-refractivity contribution in [1.29, 1.82) is 10.8 Å². The van der Waals surface area contributed by atoms with Crippen molar-refractivity contribution >= 4 is 28.9 Å². The van der Waals surface area contributed by atoms with Crippen LogP contribution < -0.4 is 16.2 Å². The molecule has 0 saturated carbocycles. The molecule has 0 aliphatic heterocycles. The van der Waals surface area contributed by atoms with E-state index in [2.05, 4.69) is 15.6 Å². The second-order valence-corrected chi connectivity index (χ2v) is 7.91. The zero-order chi connectivity index (χ0) is 25.1. The van der Waals surface area contributed by atoms with Crippen LogP contribution in [0.1, 0.15) is 38.8 Å². The first kappa shape index (κ1) is 26.6. The molecule has 0 bridgehead atoms. The number of Topliss-reactive ketones (excluding diaryl/α,β-unsaturated/α-hetero) is 1. The van der Waals surface area contributed by atoms with E-state index in [1.165, 1.54) is 23.9 Å². The lowest BCUT2D eigenvalue weighted by molar-refractivity contribution is -0.128. The van der Waals surface area contributed by atoms with Gasteiger partial charge in [-0.1, -0.05) is 44.2 Å². The molecule has 34 heavy (non-hydrogen) atoms. The molecule has 1 aromatic carbocycles. The van der Waals surface area contributed by atoms with Crippen molar-refractivity contribution in [3.8, 4) is 0 Å². The van der Waals surface area contributed by atoms with Gasteiger partial charge in [-0.15, -0.1) is 0 Å². The number of nitrogens with zero attached hydrogens (tertiary/aromatic N) is 3. The molecule has 0 radical (unpaired) electrons. The van der Waals surface area contributed by atoms with Gasteiger partial charge in [0.1, 0.15) is 6.04 Å². The van der Waals surface area contributed by atoms with Crippen molar-refractivity contribution in [3.05, 3.63) is 58.6 Å². The molecule has 1 atom stereocenters. The summed E-state index contributed by atoms with van der Waals surface area (Å²) < 4.78 is 1.27. The fraction of sp³-hybridized carbons (Fsp3) is 0.417. The summed E-state index contributed by atoms with van der Waals surface area (Å²) >= 11 is 0. The summed E-state index contributed by atoms with van der Waals surface area (Å²) in [5, 5.41) is 20.6. The number of benzene rings is 1. The standard InChI is InChI=1S/C24H33N7O3/c1-4-21(31-12-11-27-22(24(31)34)28-14-20(26)17(3)25)23(33)29-13-19(32)16-30(5-2)15-18-9-7-6-8-10-18/h6-12,21,25-26H,4-5,13-16H2,1-3H3,(H,27,28)(H,29,33). The third-order valence-electron chi connectivity index (χ3n) is 5.33. The van der Waals surface area contributed by atoms with Gasteiger partial charge in [0.05, 0.1) is 31.1 Å². The second-order valence-electron chi connectivity index (χ2n) is 7.91. The smallest absolute Gasteiger partial charge is 0.294 e. The molecule has 2 aromatic rings. The zero-order valence-electron chi connectivity index (χ0n) is 19.9. The number of carbonyl (C=O) groups excluding carboxylic acids is 2. The maximum Gasteiger partial charge on any atom is 0.294 e. The number of carbonyl (C=O) groups is 2. The highest BCUT2D eigenvalue weighted by Crippen LogP contribution is 2.10. The summed E-state index contributed by atoms with van der Waals surface area (Å²) in [5.74, 6) is -0.550. The van der Waals surface area contributed by atoms with Crippen molar-refractivity contribution in [3.63, 3.8) is 0 Å². The van der Waals surface area contributed by atoms with E-state index in [1.807, 2.05) is 42.2 Å². The lowest BCUT2D eigenvalue weighted by Crippen LogP contribution is -2.42. The second kappa shape index (κ2) is 13.1. The summed E-state index contributed by atoms with van der Waals surface area (Å²) in [4.78, 5) is 44.1. The number of hydrogen-bond donors (Lipinski definition) is 4. The third-order valence-corrected chi connectivity index (χ3v) is 5.33. The average molecular weight is 468 g/mol. The lowest BCUT2D eigenvalue weighted by Gasteiger charge is -2.21. The van der Waals surface area contributed by atoms with Crippen LogP contribution in [0.4, 0.5) is 5.82 Å². The SMILES string of the molecule is CCC(C(=O)NCC(=O)CN(CC)Cc1ccccc1)n1ccnc(NCC(=N)C(C)=N)c1=O. The van der Waals surface area contributed by atoms with Crippen LogP contribution in [0.15, 0.2) is 47.5 Å². The minimum absolute atomic E-state index is 0.00433. The molecule has 182 valence electrons. The van der Waals surface area contributed by atoms with E-state index < -0.39 is 17.5 Å². The molecule has 0 aliphatic carbocycles. The Morgan fingerprint density at radius 1 is 1.15 bits per heavy atom. The minimum atomic E-state index is -0.806. The fourth-order valence-electron chi connectivity index (χ4n) is 3.33. The minimum Gasteiger partial charge on any atom is -0.360 e. The number of likely N-dealkylation sites (N-methyl/N-ethyl adjacent to an activating group) is 1. The van der Waals surface area contributed by atoms with Gasteiger partial charge in [-0.3, -0.25) is 23.9 Å². The quantitative estimate of drug-likeness (QED) is 0.312. The van der Waals surface area contributed by atoms with Crippen molar-refractivity contribution in [2.75, 3.05) is 31.5 Å². The van der Waals surface area contributed by atoms with E-state index in [0.29, 0.717) is 19.5 Å². The summed E-state index contributed by atoms with van der Waals surface area (Å²) in [6, 6.07) is 9.06. The maximum absolute atomic E-state index is 12.8. The number of nitrogens with one attached hydrogen (secondary N) is 4. The molecule has 1 amide bonds. The van der Waals surface area contributed by atoms with Crippen LogP contribution in [0.5, 0.6) is 0 Å². The molecule has 2 rings (SSSR count). The van der Waals surface area contributed by atoms with E-state index >= 15 is 0 Å². The Morgan fingerprint density at radius 2 is 1.85 bits per heavy atom. The monoisotopic (exact) mass is 467 g/mol. The first-order chi connectivity index (χ1) is 16.3. The topological polar surface area (TPSA) is 144 Å². The first-order valence-electron chi connectivity index (χ1n) is 11.3. The molecule has 0 spiro atoms. The number of amides is 1. The Hall–Kier alpha value is -3.66. The van der Waals surface area contributed by atoms with Crippen molar-refractivity contribution in [2.45, 2.75) is 39.8 Å². The van der Waals surface area contributed by atoms with Crippen molar-refractivity contribution in [1.82, 2.24) is 19.8 Å². The Bertz CT molecular complexity index is 1070. The van der Waals surface area contributed by atoms with Crippen LogP contribution >= 0.6 is 0 Å². The van der Waals surface area contributed by atoms with Gasteiger partial charge in [0.15, 0.2) is 11.6 Å². The molecule has 1 heterocycles. The van der Waals surface area contributed by atoms with E-state index in [4.69, 9.17) is 10.8 Å². The number of anilines is 1. The van der Waals surface area contributed by atoms with Gasteiger partial charge in [0.2, 0.25) is 5.91 Å². The molecule has 4 N–H and O–H groups in total. The Kier molecular flexibility index (Phi) is 10.3. The Morgan fingerprint density at radius 3 is 2.47 bits per heavy atom. The van der Waals surface area contributed by atoms with Crippen LogP contribution in [0.25, 0.3) is 0 Å². The van der Waals surface area contributed by atoms with Gasteiger partial charge in [-0.2, -0.15) is 0 Å². The highest BCUT2D eigenvalue weighted by Gasteiger charge is 2.22. The molecule has 10 nitrogen and oxygen atoms in total. The Balaban J connectivity index is 1.98. The van der Waals surface area contributed by atoms with Crippen LogP contribution in [0.2, 0.25) is 0 Å². The normalized spacial score (nSPS) is 11.6. The average Bonchev–Trinajstić information content (AvgIpc) is 2.83. The highest BCUT2D eigenvalue weighted by molar-refractivity contribution is 6.40. The third kappa shape index (κ3) is 7.73. The van der Waals surface area contributed by atoms with Gasteiger partial charge in [0.25, 0.3) is 5.56 Å². The van der Waals surface area contributed by atoms with Gasteiger partial charge in [-0.05, 0) is 25.5 Å². The summed E-state index contributed by atoms with van der Waals surface area (Å²) in [7, 11) is 0. The number of hydrogen-bond acceptors (Lipinski definition) is 8. The van der Waals surface area contributed by atoms with E-state index in [1.54, 1.807) is 6.92 Å². The van der Waals surface area contributed by atoms with Gasteiger partial charge >= 0.3 is 0 Å². The number of rotatable bonds is 14. The lowest BCUT2D eigenvalue weighted by atomic mass is 10.2. The van der Waals surface area contributed by atoms with Crippen LogP contribution in [0, 0.1) is 10.8 Å². The number of aromatic nitrogens is 2. The molecular weight excluding hydrogens is 434 g/mol. The van der Waals surface area contributed by atoms with Crippen molar-refractivity contribution in [2.24, 2.45) is 0 Å². The molecule has 0 aliphatic rings. The summed E-state index contributed by atoms with van der Waals surface area (Å²) in [6.07, 6.45) is 3.16. The maximum atomic E-state index is 12.8. The highest BCUT2D eigenvalue weighted by atomic mass is 16.2. The fourth-order valence-corrected chi connectivity index (χ4v) is 3.33. The number of ketones is 1. The first-order valence-corrected chi connectivity index (χ1v) is 11.3. The summed E-state index contributed by atoms with van der Waals surface area (Å²) in [5.41, 5.74) is 0.726. The van der Waals surface area contributed by atoms with Crippen LogP contribution in [-0.2, 0) is 16.1 Å². The largest absolute Gasteiger partial charge is 0.360 e.